The van der Waals surface area contributed by atoms with Crippen LogP contribution in [0.4, 0.5) is 0 Å². The van der Waals surface area contributed by atoms with Gasteiger partial charge in [-0.25, -0.2) is 0 Å². The van der Waals surface area contributed by atoms with Crippen LogP contribution in [-0.4, -0.2) is 22.5 Å². The smallest absolute Gasteiger partial charge is 0.239 e. The van der Waals surface area contributed by atoms with E-state index in [1.165, 1.54) is 0 Å². The topological polar surface area (TPSA) is 47.9 Å². The molecule has 1 heterocycles. The van der Waals surface area contributed by atoms with Crippen molar-refractivity contribution >= 4 is 0 Å². The molecule has 48 valence electrons. The summed E-state index contributed by atoms with van der Waals surface area (Å²) in [7, 11) is 1.55. The Balaban J connectivity index is 3.01. The summed E-state index contributed by atoms with van der Waals surface area (Å²) in [5.41, 5.74) is 0.896. The van der Waals surface area contributed by atoms with Crippen molar-refractivity contribution in [2.45, 2.75) is 6.92 Å². The Morgan fingerprint density at radius 3 is 2.78 bits per heavy atom. The zero-order valence-corrected chi connectivity index (χ0v) is 5.33. The zero-order chi connectivity index (χ0) is 6.69. The molecule has 0 aliphatic heterocycles. The van der Waals surface area contributed by atoms with Crippen molar-refractivity contribution in [1.82, 2.24) is 15.4 Å². The lowest BCUT2D eigenvalue weighted by Gasteiger charge is -1.96. The number of aromatic nitrogens is 3. The van der Waals surface area contributed by atoms with E-state index in [9.17, 15) is 0 Å². The van der Waals surface area contributed by atoms with E-state index in [0.29, 0.717) is 5.88 Å². The minimum Gasteiger partial charge on any atom is -0.480 e. The number of ether oxygens (including phenoxy) is 1. The normalized spacial score (nSPS) is 9.11. The highest BCUT2D eigenvalue weighted by Gasteiger charge is 1.95. The van der Waals surface area contributed by atoms with Gasteiger partial charge >= 0.3 is 0 Å². The van der Waals surface area contributed by atoms with Gasteiger partial charge in [0.2, 0.25) is 5.88 Å². The first kappa shape index (κ1) is 5.94. The molecule has 0 spiro atoms. The van der Waals surface area contributed by atoms with E-state index in [-0.39, 0.29) is 0 Å². The lowest BCUT2D eigenvalue weighted by atomic mass is 10.4. The van der Waals surface area contributed by atoms with Crippen LogP contribution in [0.5, 0.6) is 5.88 Å². The van der Waals surface area contributed by atoms with Crippen molar-refractivity contribution in [3.8, 4) is 5.88 Å². The predicted molar refractivity (Wildman–Crippen MR) is 31.1 cm³/mol. The minimum atomic E-state index is 0.532. The van der Waals surface area contributed by atoms with Gasteiger partial charge in [0.25, 0.3) is 0 Å². The van der Waals surface area contributed by atoms with Gasteiger partial charge in [-0.1, -0.05) is 5.10 Å². The van der Waals surface area contributed by atoms with Gasteiger partial charge in [-0.15, -0.1) is 5.10 Å². The molecule has 0 bridgehead atoms. The van der Waals surface area contributed by atoms with Crippen molar-refractivity contribution in [3.05, 3.63) is 11.8 Å². The summed E-state index contributed by atoms with van der Waals surface area (Å²) in [5, 5.41) is 10.6. The third kappa shape index (κ3) is 1.13. The molecule has 4 heteroatoms. The minimum absolute atomic E-state index is 0.532. The van der Waals surface area contributed by atoms with E-state index >= 15 is 0 Å². The van der Waals surface area contributed by atoms with Crippen LogP contribution in [-0.2, 0) is 0 Å². The quantitative estimate of drug-likeness (QED) is 0.537. The summed E-state index contributed by atoms with van der Waals surface area (Å²) in [5.74, 6) is 0.532. The third-order valence-electron chi connectivity index (χ3n) is 0.969. The number of nitrogens with zero attached hydrogens (tertiary/aromatic N) is 3. The van der Waals surface area contributed by atoms with Gasteiger partial charge in [0.1, 0.15) is 0 Å². The Bertz CT molecular complexity index is 201. The number of hydrogen-bond acceptors (Lipinski definition) is 4. The summed E-state index contributed by atoms with van der Waals surface area (Å²) >= 11 is 0. The van der Waals surface area contributed by atoms with Crippen LogP contribution in [0.3, 0.4) is 0 Å². The SMILES string of the molecule is COc1nnncc1C. The molecule has 0 radical (unpaired) electrons. The molecule has 0 fully saturated rings. The van der Waals surface area contributed by atoms with Gasteiger partial charge in [-0.2, -0.15) is 0 Å². The molecule has 1 aromatic heterocycles. The van der Waals surface area contributed by atoms with E-state index in [0.717, 1.165) is 5.56 Å². The number of aryl methyl sites for hydroxylation is 1. The molecule has 0 aliphatic rings. The molecule has 0 N–H and O–H groups in total. The van der Waals surface area contributed by atoms with E-state index in [4.69, 9.17) is 4.74 Å². The maximum atomic E-state index is 4.83. The highest BCUT2D eigenvalue weighted by Crippen LogP contribution is 2.07. The summed E-state index contributed by atoms with van der Waals surface area (Å²) in [6.07, 6.45) is 1.60. The van der Waals surface area contributed by atoms with Crippen molar-refractivity contribution in [3.63, 3.8) is 0 Å². The average Bonchev–Trinajstić information content (AvgIpc) is 1.89. The first-order chi connectivity index (χ1) is 4.34. The van der Waals surface area contributed by atoms with Crippen LogP contribution in [0, 0.1) is 6.92 Å². The maximum absolute atomic E-state index is 4.83. The molecule has 0 atom stereocenters. The molecule has 0 saturated carbocycles. The molecule has 0 aliphatic carbocycles. The second kappa shape index (κ2) is 2.39. The Labute approximate surface area is 52.9 Å². The highest BCUT2D eigenvalue weighted by molar-refractivity contribution is 5.17. The first-order valence-corrected chi connectivity index (χ1v) is 2.53. The summed E-state index contributed by atoms with van der Waals surface area (Å²) in [6.45, 7) is 1.86. The molecule has 4 nitrogen and oxygen atoms in total. The summed E-state index contributed by atoms with van der Waals surface area (Å²) in [6, 6.07) is 0. The van der Waals surface area contributed by atoms with Crippen molar-refractivity contribution in [2.24, 2.45) is 0 Å². The number of hydrogen-bond donors (Lipinski definition) is 0. The number of methoxy groups -OCH3 is 1. The molecule has 0 aromatic carbocycles. The molecule has 1 aromatic rings. The Kier molecular flexibility index (Phi) is 1.58. The van der Waals surface area contributed by atoms with E-state index in [1.54, 1.807) is 13.3 Å². The van der Waals surface area contributed by atoms with Gasteiger partial charge in [-0.3, -0.25) is 0 Å². The van der Waals surface area contributed by atoms with Gasteiger partial charge in [0, 0.05) is 5.56 Å². The van der Waals surface area contributed by atoms with Crippen molar-refractivity contribution in [2.75, 3.05) is 7.11 Å². The van der Waals surface area contributed by atoms with Gasteiger partial charge in [0.15, 0.2) is 0 Å². The molecule has 1 rings (SSSR count). The lowest BCUT2D eigenvalue weighted by molar-refractivity contribution is 0.385. The first-order valence-electron chi connectivity index (χ1n) is 2.53. The largest absolute Gasteiger partial charge is 0.480 e. The molecule has 9 heavy (non-hydrogen) atoms. The summed E-state index contributed by atoms with van der Waals surface area (Å²) in [4.78, 5) is 0. The van der Waals surface area contributed by atoms with Crippen LogP contribution < -0.4 is 4.74 Å². The second-order valence-electron chi connectivity index (χ2n) is 1.63. The molecule has 0 unspecified atom stereocenters. The lowest BCUT2D eigenvalue weighted by Crippen LogP contribution is -1.94. The van der Waals surface area contributed by atoms with Crippen molar-refractivity contribution in [1.29, 1.82) is 0 Å². The maximum Gasteiger partial charge on any atom is 0.239 e. The molecular formula is C5H7N3O. The Morgan fingerprint density at radius 2 is 2.33 bits per heavy atom. The van der Waals surface area contributed by atoms with Crippen LogP contribution in [0.25, 0.3) is 0 Å². The molecule has 0 amide bonds. The van der Waals surface area contributed by atoms with Gasteiger partial charge < -0.3 is 4.74 Å². The monoisotopic (exact) mass is 125 g/mol. The average molecular weight is 125 g/mol. The second-order valence-corrected chi connectivity index (χ2v) is 1.63. The van der Waals surface area contributed by atoms with Gasteiger partial charge in [-0.05, 0) is 12.1 Å². The van der Waals surface area contributed by atoms with Crippen LogP contribution in [0.2, 0.25) is 0 Å². The third-order valence-corrected chi connectivity index (χ3v) is 0.969. The Morgan fingerprint density at radius 1 is 1.56 bits per heavy atom. The fourth-order valence-electron chi connectivity index (χ4n) is 0.515. The highest BCUT2D eigenvalue weighted by atomic mass is 16.5. The standard InChI is InChI=1S/C5H7N3O/c1-4-3-6-8-7-5(4)9-2/h3H,1-2H3. The molecular weight excluding hydrogens is 118 g/mol. The van der Waals surface area contributed by atoms with Crippen LogP contribution >= 0.6 is 0 Å². The van der Waals surface area contributed by atoms with E-state index in [2.05, 4.69) is 15.4 Å². The van der Waals surface area contributed by atoms with E-state index < -0.39 is 0 Å². The van der Waals surface area contributed by atoms with Crippen LogP contribution in [0.15, 0.2) is 6.20 Å². The van der Waals surface area contributed by atoms with Crippen molar-refractivity contribution < 1.29 is 4.74 Å². The molecule has 0 saturated heterocycles. The Hall–Kier alpha value is -1.19. The van der Waals surface area contributed by atoms with E-state index in [1.807, 2.05) is 6.92 Å². The zero-order valence-electron chi connectivity index (χ0n) is 5.33. The summed E-state index contributed by atoms with van der Waals surface area (Å²) < 4.78 is 4.83. The predicted octanol–water partition coefficient (Wildman–Crippen LogP) is 0.189. The fourth-order valence-corrected chi connectivity index (χ4v) is 0.515. The number of rotatable bonds is 1. The fraction of sp³-hybridized carbons (Fsp3) is 0.400. The van der Waals surface area contributed by atoms with Gasteiger partial charge in [0.05, 0.1) is 13.3 Å². The van der Waals surface area contributed by atoms with Crippen LogP contribution in [0.1, 0.15) is 5.56 Å².